The molecular weight excluding hydrogens is 1900 g/mol. The number of nitrogens with one attached hydrogen (secondary N) is 8. The van der Waals surface area contributed by atoms with Gasteiger partial charge in [0.2, 0.25) is 9.84 Å². The largest absolute Gasteiger partial charge is 0.382 e. The van der Waals surface area contributed by atoms with Crippen LogP contribution in [0.2, 0.25) is 0 Å². The van der Waals surface area contributed by atoms with Gasteiger partial charge in [-0.2, -0.15) is 8.78 Å². The van der Waals surface area contributed by atoms with Crippen LogP contribution in [-0.2, 0) is 55.3 Å². The number of rotatable bonds is 22. The molecule has 0 spiro atoms. The zero-order valence-corrected chi connectivity index (χ0v) is 81.4. The number of amides is 5. The molecule has 0 bridgehead atoms. The zero-order chi connectivity index (χ0) is 102. The van der Waals surface area contributed by atoms with Gasteiger partial charge in [0.15, 0.2) is 67.4 Å². The molecular formula is C99H97F2N23O12S5. The van der Waals surface area contributed by atoms with Gasteiger partial charge in [-0.25, -0.2) is 88.7 Å². The third-order valence-electron chi connectivity index (χ3n) is 20.7. The van der Waals surface area contributed by atoms with E-state index in [0.717, 1.165) is 79.6 Å². The number of hydrogen-bond acceptors (Lipinski definition) is 27. The van der Waals surface area contributed by atoms with Crippen LogP contribution < -0.4 is 69.4 Å². The van der Waals surface area contributed by atoms with E-state index in [4.69, 9.17) is 28.7 Å². The standard InChI is InChI=1S/C20H18F2N4O3S.C20H19N5O2S.2C20H21N5O2S.C19H18N4O3S/c1-12-3-5-13(6-4-12)16-11-24-18(23)17(26-16)19(27)25-14-7-9-15(10-8-14)30(28,29)20(2,21)22;1-12-3-5-13(6-4-12)16-11-22-19(21)18(25-16)20(26)24-15-7-8-17-14(9-15)10-23-28(17,2)27;1-13-4-6-14(7-5-13)17-12-22-19(21)18(24-17)20(26)23-15-8-10-16(11-9-15)25-28(2,3)27;1-13-4-6-14(7-5-13)17-12-23-19(21)18(25-17)20(26)24-15-8-10-16(11-9-15)28(3,27)22-2;1-12-3-5-13(6-4-12)16-11-21-18(20)17(23-16)19(24)22-14-7-9-15(10-8-14)27(2,25)26/h3-11H,1-2H3,(H2,23,24)(H,25,27);3-9,11H,2,10H2,1H3,(H2,21,22)(H,23,27)(H,24,26);4-12H,2H2,1,3H3,(H2,21,22)(H,23,26)(H,25,27);4-12H,3H2,1-2H3,(H2,21,23)(H,22,27)(H,24,26);3-11H,1-2H3,(H2,20,21)(H,22,24). The van der Waals surface area contributed by atoms with Crippen molar-refractivity contribution in [2.24, 2.45) is 0 Å². The number of carbonyl (C=O) groups is 5. The van der Waals surface area contributed by atoms with Crippen LogP contribution in [0.1, 0.15) is 92.7 Å². The Bertz CT molecular complexity index is 7840. The molecule has 0 fully saturated rings. The minimum absolute atomic E-state index is 0.000245. The van der Waals surface area contributed by atoms with E-state index in [-0.39, 0.29) is 68.1 Å². The van der Waals surface area contributed by atoms with Crippen LogP contribution in [0.15, 0.2) is 287 Å². The Morgan fingerprint density at radius 1 is 0.369 bits per heavy atom. The highest BCUT2D eigenvalue weighted by Crippen LogP contribution is 2.33. The number of fused-ring (bicyclic) bond motifs is 1. The molecule has 3 atom stereocenters. The fourth-order valence-electron chi connectivity index (χ4n) is 12.9. The Kier molecular flexibility index (Phi) is 32.2. The van der Waals surface area contributed by atoms with Gasteiger partial charge in [0, 0.05) is 107 Å². The van der Waals surface area contributed by atoms with Crippen molar-refractivity contribution in [1.82, 2.24) is 59.3 Å². The van der Waals surface area contributed by atoms with Crippen LogP contribution in [0.4, 0.5) is 72.0 Å². The summed E-state index contributed by atoms with van der Waals surface area (Å²) in [6.45, 7) is 10.6. The molecule has 16 rings (SSSR count). The van der Waals surface area contributed by atoms with Gasteiger partial charge in [-0.05, 0) is 180 Å². The zero-order valence-electron chi connectivity index (χ0n) is 77.3. The smallest absolute Gasteiger partial charge is 0.347 e. The van der Waals surface area contributed by atoms with Crippen LogP contribution >= 0.6 is 0 Å². The molecule has 141 heavy (non-hydrogen) atoms. The summed E-state index contributed by atoms with van der Waals surface area (Å²) in [6.07, 6.45) is 10.2. The third-order valence-corrected chi connectivity index (χ3v) is 27.8. The first-order valence-electron chi connectivity index (χ1n) is 42.3. The second-order valence-corrected chi connectivity index (χ2v) is 42.8. The third kappa shape index (κ3) is 27.3. The van der Waals surface area contributed by atoms with Crippen LogP contribution in [0.3, 0.4) is 0 Å². The summed E-state index contributed by atoms with van der Waals surface area (Å²) in [5, 5.41) is 9.48. The van der Waals surface area contributed by atoms with Gasteiger partial charge in [-0.3, -0.25) is 24.0 Å². The number of benzene rings is 10. The van der Waals surface area contributed by atoms with Crippen LogP contribution in [0.25, 0.3) is 56.3 Å². The molecule has 5 amide bonds. The van der Waals surface area contributed by atoms with Crippen molar-refractivity contribution in [2.45, 2.75) is 72.9 Å². The second kappa shape index (κ2) is 43.9. The molecule has 0 saturated carbocycles. The first-order valence-corrected chi connectivity index (χ1v) is 51.2. The highest BCUT2D eigenvalue weighted by molar-refractivity contribution is 8.01. The van der Waals surface area contributed by atoms with Crippen LogP contribution in [0.5, 0.6) is 0 Å². The minimum Gasteiger partial charge on any atom is -0.382 e. The average Bonchev–Trinajstić information content (AvgIpc) is 1.73. The summed E-state index contributed by atoms with van der Waals surface area (Å²) in [4.78, 5) is 106. The predicted molar refractivity (Wildman–Crippen MR) is 554 cm³/mol. The molecule has 1 aliphatic heterocycles. The molecule has 0 aliphatic carbocycles. The quantitative estimate of drug-likeness (QED) is 0.0280. The highest BCUT2D eigenvalue weighted by atomic mass is 32.2. The van der Waals surface area contributed by atoms with E-state index in [1.165, 1.54) is 67.4 Å². The van der Waals surface area contributed by atoms with E-state index in [1.807, 2.05) is 156 Å². The first kappa shape index (κ1) is 103. The fraction of sp³-hybridized carbons (Fsp3) is 0.111. The van der Waals surface area contributed by atoms with Gasteiger partial charge in [-0.1, -0.05) is 149 Å². The average molecular weight is 2000 g/mol. The van der Waals surface area contributed by atoms with E-state index in [2.05, 4.69) is 108 Å². The summed E-state index contributed by atoms with van der Waals surface area (Å²) in [5.41, 5.74) is 45.2. The van der Waals surface area contributed by atoms with E-state index >= 15 is 0 Å². The summed E-state index contributed by atoms with van der Waals surface area (Å²) >= 11 is 0. The number of aryl methyl sites for hydroxylation is 5. The number of nitrogen functional groups attached to an aromatic ring is 5. The van der Waals surface area contributed by atoms with Crippen molar-refractivity contribution in [2.75, 3.05) is 79.5 Å². The van der Waals surface area contributed by atoms with E-state index in [0.29, 0.717) is 80.2 Å². The maximum Gasteiger partial charge on any atom is 0.347 e. The molecule has 35 nitrogen and oxygen atoms in total. The van der Waals surface area contributed by atoms with Crippen molar-refractivity contribution in [3.05, 3.63) is 329 Å². The lowest BCUT2D eigenvalue weighted by molar-refractivity contribution is 0.101. The summed E-state index contributed by atoms with van der Waals surface area (Å²) in [6, 6.07) is 67.0. The number of carbonyl (C=O) groups excluding carboxylic acids is 5. The molecule has 724 valence electrons. The predicted octanol–water partition coefficient (Wildman–Crippen LogP) is 14.2. The first-order chi connectivity index (χ1) is 66.6. The highest BCUT2D eigenvalue weighted by Gasteiger charge is 2.41. The van der Waals surface area contributed by atoms with Crippen molar-refractivity contribution >= 4 is 159 Å². The molecule has 3 unspecified atom stereocenters. The number of hydrogen-bond donors (Lipinski definition) is 13. The Morgan fingerprint density at radius 2 is 0.610 bits per heavy atom. The lowest BCUT2D eigenvalue weighted by Gasteiger charge is -2.12. The number of alkyl halides is 2. The monoisotopic (exact) mass is 2000 g/mol. The normalized spacial score (nSPS) is 13.3. The second-order valence-electron chi connectivity index (χ2n) is 32.1. The number of aromatic nitrogens is 10. The summed E-state index contributed by atoms with van der Waals surface area (Å²) < 4.78 is 118. The SMILES string of the molecule is C=S(=O)(NC)c1ccc(NC(=O)c2nc(-c3ccc(C)cc3)cnc2N)cc1.C=S(C)(=O)Nc1ccc(NC(=O)c2nc(-c3ccc(C)cc3)cnc2N)cc1.C=S1(=O)NCc2cc(NC(=O)c3nc(-c4ccc(C)cc4)cnc3N)ccc21.Cc1ccc(-c2cnc(N)c(C(=O)Nc3ccc(S(=O)(=O)C(C)(F)F)cc3)n2)cc1.Cc1ccc(-c2cnc(N)c(C(=O)Nc3ccc(S(C)(=O)=O)cc3)n2)cc1. The number of sulfone groups is 2. The van der Waals surface area contributed by atoms with Crippen LogP contribution in [0, 0.1) is 34.6 Å². The van der Waals surface area contributed by atoms with Crippen molar-refractivity contribution < 1.29 is 62.2 Å². The minimum atomic E-state index is -4.81. The molecule has 10 aromatic carbocycles. The summed E-state index contributed by atoms with van der Waals surface area (Å²) in [7, 11) is -13.9. The number of anilines is 11. The lowest BCUT2D eigenvalue weighted by Crippen LogP contribution is -2.24. The van der Waals surface area contributed by atoms with Crippen molar-refractivity contribution in [3.63, 3.8) is 0 Å². The van der Waals surface area contributed by atoms with E-state index in [9.17, 15) is 62.2 Å². The van der Waals surface area contributed by atoms with E-state index in [1.54, 1.807) is 80.0 Å². The Morgan fingerprint density at radius 3 is 0.865 bits per heavy atom. The molecule has 15 aromatic rings. The van der Waals surface area contributed by atoms with Crippen LogP contribution in [-0.4, -0.2) is 151 Å². The fourth-order valence-corrected chi connectivity index (χ4v) is 17.3. The van der Waals surface area contributed by atoms with E-state index < -0.39 is 88.5 Å². The molecule has 5 aromatic heterocycles. The summed E-state index contributed by atoms with van der Waals surface area (Å²) in [5.74, 6) is 8.36. The molecule has 0 radical (unpaired) electrons. The Labute approximate surface area is 813 Å². The van der Waals surface area contributed by atoms with Gasteiger partial charge >= 0.3 is 5.25 Å². The molecule has 0 saturated heterocycles. The van der Waals surface area contributed by atoms with Crippen molar-refractivity contribution in [3.8, 4) is 56.3 Å². The van der Waals surface area contributed by atoms with Gasteiger partial charge in [0.1, 0.15) is 0 Å². The molecule has 18 N–H and O–H groups in total. The topological polar surface area (TPSA) is 560 Å². The van der Waals surface area contributed by atoms with Crippen molar-refractivity contribution in [1.29, 1.82) is 0 Å². The lowest BCUT2D eigenvalue weighted by atomic mass is 10.1. The molecule has 1 aliphatic rings. The number of halogens is 2. The van der Waals surface area contributed by atoms with Gasteiger partial charge in [0.25, 0.3) is 29.5 Å². The Hall–Kier alpha value is -16.5. The maximum atomic E-state index is 13.3. The maximum absolute atomic E-state index is 13.3. The molecule has 6 heterocycles. The van der Waals surface area contributed by atoms with Gasteiger partial charge < -0.3 is 60.0 Å². The molecule has 42 heteroatoms. The Balaban J connectivity index is 0.000000158. The number of nitrogens with two attached hydrogens (primary N) is 5. The van der Waals surface area contributed by atoms with Gasteiger partial charge in [-0.15, -0.1) is 0 Å². The van der Waals surface area contributed by atoms with Gasteiger partial charge in [0.05, 0.1) is 88.7 Å². The number of nitrogens with zero attached hydrogens (tertiary/aromatic N) is 10.